The Labute approximate surface area is 102 Å². The number of ketones is 1. The molecular weight excluding hydrogens is 216 g/mol. The SMILES string of the molecule is CC1(C)C(C(=O)CCc2ccsc2)C1(C)C. The van der Waals surface area contributed by atoms with E-state index < -0.39 is 0 Å². The third kappa shape index (κ3) is 1.73. The fraction of sp³-hybridized carbons (Fsp3) is 0.643. The Morgan fingerprint density at radius 2 is 1.94 bits per heavy atom. The minimum atomic E-state index is 0.193. The first kappa shape index (κ1) is 11.8. The summed E-state index contributed by atoms with van der Waals surface area (Å²) in [4.78, 5) is 12.1. The molecule has 2 heteroatoms. The summed E-state index contributed by atoms with van der Waals surface area (Å²) in [6.45, 7) is 8.83. The fourth-order valence-corrected chi connectivity index (χ4v) is 3.55. The lowest BCUT2D eigenvalue weighted by Crippen LogP contribution is -2.07. The third-order valence-corrected chi connectivity index (χ3v) is 5.31. The quantitative estimate of drug-likeness (QED) is 0.774. The van der Waals surface area contributed by atoms with Gasteiger partial charge in [-0.05, 0) is 39.6 Å². The number of carbonyl (C=O) groups is 1. The second-order valence-electron chi connectivity index (χ2n) is 5.97. The zero-order valence-electron chi connectivity index (χ0n) is 10.5. The highest BCUT2D eigenvalue weighted by atomic mass is 32.1. The van der Waals surface area contributed by atoms with Crippen LogP contribution in [0.3, 0.4) is 0 Å². The van der Waals surface area contributed by atoms with Crippen LogP contribution < -0.4 is 0 Å². The monoisotopic (exact) mass is 236 g/mol. The molecule has 1 aromatic rings. The topological polar surface area (TPSA) is 17.1 Å². The first-order valence-corrected chi connectivity index (χ1v) is 6.85. The van der Waals surface area contributed by atoms with Crippen LogP contribution in [0.2, 0.25) is 0 Å². The molecule has 0 unspecified atom stereocenters. The number of hydrogen-bond donors (Lipinski definition) is 0. The van der Waals surface area contributed by atoms with Gasteiger partial charge in [-0.15, -0.1) is 0 Å². The third-order valence-electron chi connectivity index (χ3n) is 4.58. The number of hydrogen-bond acceptors (Lipinski definition) is 2. The van der Waals surface area contributed by atoms with E-state index in [1.807, 2.05) is 0 Å². The van der Waals surface area contributed by atoms with Crippen molar-refractivity contribution in [1.29, 1.82) is 0 Å². The molecular formula is C14H20OS. The van der Waals surface area contributed by atoms with Crippen molar-refractivity contribution in [3.05, 3.63) is 22.4 Å². The minimum absolute atomic E-state index is 0.193. The van der Waals surface area contributed by atoms with Crippen molar-refractivity contribution in [1.82, 2.24) is 0 Å². The first-order chi connectivity index (χ1) is 7.37. The van der Waals surface area contributed by atoms with Gasteiger partial charge in [-0.1, -0.05) is 27.7 Å². The molecule has 16 heavy (non-hydrogen) atoms. The number of rotatable bonds is 4. The van der Waals surface area contributed by atoms with Gasteiger partial charge in [0.2, 0.25) is 0 Å². The largest absolute Gasteiger partial charge is 0.299 e. The van der Waals surface area contributed by atoms with E-state index in [0.717, 1.165) is 6.42 Å². The molecule has 0 bridgehead atoms. The van der Waals surface area contributed by atoms with E-state index >= 15 is 0 Å². The van der Waals surface area contributed by atoms with E-state index in [9.17, 15) is 4.79 Å². The van der Waals surface area contributed by atoms with Gasteiger partial charge in [0.15, 0.2) is 0 Å². The van der Waals surface area contributed by atoms with Gasteiger partial charge in [-0.25, -0.2) is 0 Å². The highest BCUT2D eigenvalue weighted by Gasteiger charge is 2.67. The van der Waals surface area contributed by atoms with E-state index in [2.05, 4.69) is 44.5 Å². The molecule has 1 aliphatic carbocycles. The van der Waals surface area contributed by atoms with Crippen LogP contribution in [0, 0.1) is 16.7 Å². The van der Waals surface area contributed by atoms with E-state index in [-0.39, 0.29) is 16.7 Å². The van der Waals surface area contributed by atoms with Crippen LogP contribution in [0.5, 0.6) is 0 Å². The molecule has 1 saturated carbocycles. The molecule has 0 N–H and O–H groups in total. The maximum atomic E-state index is 12.1. The van der Waals surface area contributed by atoms with Gasteiger partial charge < -0.3 is 0 Å². The molecule has 1 nitrogen and oxygen atoms in total. The van der Waals surface area contributed by atoms with E-state index in [1.54, 1.807) is 11.3 Å². The summed E-state index contributed by atoms with van der Waals surface area (Å²) in [6.07, 6.45) is 1.61. The number of aryl methyl sites for hydroxylation is 1. The minimum Gasteiger partial charge on any atom is -0.299 e. The Morgan fingerprint density at radius 3 is 2.38 bits per heavy atom. The molecule has 1 heterocycles. The van der Waals surface area contributed by atoms with Crippen molar-refractivity contribution in [3.63, 3.8) is 0 Å². The highest BCUT2D eigenvalue weighted by molar-refractivity contribution is 7.07. The summed E-state index contributed by atoms with van der Waals surface area (Å²) < 4.78 is 0. The fourth-order valence-electron chi connectivity index (χ4n) is 2.85. The standard InChI is InChI=1S/C14H20OS/c1-13(2)12(14(13,3)4)11(15)6-5-10-7-8-16-9-10/h7-9,12H,5-6H2,1-4H3. The summed E-state index contributed by atoms with van der Waals surface area (Å²) in [6, 6.07) is 2.11. The average Bonchev–Trinajstić information content (AvgIpc) is 2.61. The smallest absolute Gasteiger partial charge is 0.137 e. The second-order valence-corrected chi connectivity index (χ2v) is 6.75. The van der Waals surface area contributed by atoms with Crippen molar-refractivity contribution in [2.24, 2.45) is 16.7 Å². The van der Waals surface area contributed by atoms with Gasteiger partial charge in [0.05, 0.1) is 0 Å². The first-order valence-electron chi connectivity index (χ1n) is 5.91. The highest BCUT2D eigenvalue weighted by Crippen LogP contribution is 2.68. The summed E-state index contributed by atoms with van der Waals surface area (Å²) in [7, 11) is 0. The summed E-state index contributed by atoms with van der Waals surface area (Å²) in [5.41, 5.74) is 1.69. The Balaban J connectivity index is 1.91. The van der Waals surface area contributed by atoms with E-state index in [0.29, 0.717) is 12.2 Å². The maximum absolute atomic E-state index is 12.1. The summed E-state index contributed by atoms with van der Waals surface area (Å²) >= 11 is 1.70. The number of carbonyl (C=O) groups excluding carboxylic acids is 1. The summed E-state index contributed by atoms with van der Waals surface area (Å²) in [5, 5.41) is 4.21. The predicted molar refractivity (Wildman–Crippen MR) is 68.7 cm³/mol. The van der Waals surface area contributed by atoms with Gasteiger partial charge in [-0.2, -0.15) is 11.3 Å². The van der Waals surface area contributed by atoms with E-state index in [4.69, 9.17) is 0 Å². The van der Waals surface area contributed by atoms with Crippen molar-refractivity contribution >= 4 is 17.1 Å². The number of Topliss-reactive ketones (excluding diaryl/α,β-unsaturated/α-hetero) is 1. The van der Waals surface area contributed by atoms with Crippen LogP contribution in [0.15, 0.2) is 16.8 Å². The molecule has 2 rings (SSSR count). The van der Waals surface area contributed by atoms with Crippen molar-refractivity contribution < 1.29 is 4.79 Å². The van der Waals surface area contributed by atoms with Gasteiger partial charge in [0.1, 0.15) is 5.78 Å². The second kappa shape index (κ2) is 3.69. The molecule has 0 amide bonds. The molecule has 0 atom stereocenters. The zero-order chi connectivity index (χ0) is 12.0. The zero-order valence-corrected chi connectivity index (χ0v) is 11.4. The maximum Gasteiger partial charge on any atom is 0.137 e. The van der Waals surface area contributed by atoms with Gasteiger partial charge in [0, 0.05) is 12.3 Å². The predicted octanol–water partition coefficient (Wildman–Crippen LogP) is 3.93. The van der Waals surface area contributed by atoms with Crippen molar-refractivity contribution in [2.75, 3.05) is 0 Å². The molecule has 1 fully saturated rings. The Bertz CT molecular complexity index is 373. The lowest BCUT2D eigenvalue weighted by molar-refractivity contribution is -0.121. The van der Waals surface area contributed by atoms with Crippen LogP contribution in [0.25, 0.3) is 0 Å². The molecule has 0 aromatic carbocycles. The van der Waals surface area contributed by atoms with Crippen molar-refractivity contribution in [2.45, 2.75) is 40.5 Å². The lowest BCUT2D eigenvalue weighted by Gasteiger charge is -2.03. The van der Waals surface area contributed by atoms with E-state index in [1.165, 1.54) is 5.56 Å². The van der Waals surface area contributed by atoms with Crippen LogP contribution in [0.4, 0.5) is 0 Å². The molecule has 0 spiro atoms. The lowest BCUT2D eigenvalue weighted by atomic mass is 10.0. The molecule has 88 valence electrons. The molecule has 1 aromatic heterocycles. The Kier molecular flexibility index (Phi) is 2.73. The Morgan fingerprint density at radius 1 is 1.31 bits per heavy atom. The Hall–Kier alpha value is -0.630. The van der Waals surface area contributed by atoms with Crippen molar-refractivity contribution in [3.8, 4) is 0 Å². The van der Waals surface area contributed by atoms with Gasteiger partial charge in [-0.3, -0.25) is 4.79 Å². The summed E-state index contributed by atoms with van der Waals surface area (Å²) in [5.74, 6) is 0.708. The van der Waals surface area contributed by atoms with Crippen LogP contribution in [-0.4, -0.2) is 5.78 Å². The van der Waals surface area contributed by atoms with Gasteiger partial charge >= 0.3 is 0 Å². The average molecular weight is 236 g/mol. The molecule has 1 aliphatic rings. The molecule has 0 saturated heterocycles. The van der Waals surface area contributed by atoms with Crippen LogP contribution in [0.1, 0.15) is 39.7 Å². The molecule has 0 aliphatic heterocycles. The number of thiophene rings is 1. The van der Waals surface area contributed by atoms with Gasteiger partial charge in [0.25, 0.3) is 0 Å². The van der Waals surface area contributed by atoms with Crippen LogP contribution >= 0.6 is 11.3 Å². The van der Waals surface area contributed by atoms with Crippen LogP contribution in [-0.2, 0) is 11.2 Å². The molecule has 0 radical (unpaired) electrons. The normalized spacial score (nSPS) is 22.0.